The number of hydrogen-bond acceptors (Lipinski definition) is 2. The maximum absolute atomic E-state index is 14.1. The second-order valence-corrected chi connectivity index (χ2v) is 7.55. The molecule has 0 saturated carbocycles. The summed E-state index contributed by atoms with van der Waals surface area (Å²) in [7, 11) is 0. The quantitative estimate of drug-likeness (QED) is 0.307. The standard InChI is InChI=1S/C23H15ClF5NO/c24-17-12-20(30-22(17)21-18(25)2-1-3-19(21)26)15-6-4-13(5-7-15)14-8-10-16(11-9-14)31-23(27,28)29/h1-11,17,20H,12H2/t17?,20-/m1/s1. The van der Waals surface area contributed by atoms with Gasteiger partial charge in [0, 0.05) is 0 Å². The van der Waals surface area contributed by atoms with Crippen LogP contribution in [0.15, 0.2) is 71.7 Å². The molecule has 3 aromatic carbocycles. The number of benzene rings is 3. The van der Waals surface area contributed by atoms with Crippen LogP contribution in [0, 0.1) is 11.6 Å². The number of halogens is 6. The van der Waals surface area contributed by atoms with Crippen molar-refractivity contribution in [1.29, 1.82) is 0 Å². The fourth-order valence-electron chi connectivity index (χ4n) is 3.53. The Labute approximate surface area is 180 Å². The molecule has 2 nitrogen and oxygen atoms in total. The van der Waals surface area contributed by atoms with Crippen molar-refractivity contribution in [3.63, 3.8) is 0 Å². The van der Waals surface area contributed by atoms with Crippen LogP contribution in [-0.2, 0) is 0 Å². The van der Waals surface area contributed by atoms with E-state index in [1.807, 2.05) is 12.1 Å². The van der Waals surface area contributed by atoms with Gasteiger partial charge in [-0.05, 0) is 47.4 Å². The minimum Gasteiger partial charge on any atom is -0.406 e. The lowest BCUT2D eigenvalue weighted by atomic mass is 9.99. The van der Waals surface area contributed by atoms with Gasteiger partial charge in [0.1, 0.15) is 17.4 Å². The van der Waals surface area contributed by atoms with Gasteiger partial charge in [-0.15, -0.1) is 24.8 Å². The molecule has 0 fully saturated rings. The third-order valence-corrected chi connectivity index (χ3v) is 5.34. The van der Waals surface area contributed by atoms with Gasteiger partial charge in [-0.2, -0.15) is 0 Å². The second kappa shape index (κ2) is 8.30. The number of nitrogens with zero attached hydrogens (tertiary/aromatic N) is 1. The molecule has 0 saturated heterocycles. The minimum atomic E-state index is -4.74. The lowest BCUT2D eigenvalue weighted by molar-refractivity contribution is -0.274. The topological polar surface area (TPSA) is 21.6 Å². The van der Waals surface area contributed by atoms with E-state index >= 15 is 0 Å². The highest BCUT2D eigenvalue weighted by molar-refractivity contribution is 6.35. The minimum absolute atomic E-state index is 0.187. The molecule has 1 aliphatic heterocycles. The number of alkyl halides is 4. The Balaban J connectivity index is 1.54. The first-order valence-corrected chi connectivity index (χ1v) is 9.77. The molecule has 0 aromatic heterocycles. The van der Waals surface area contributed by atoms with Crippen molar-refractivity contribution in [2.45, 2.75) is 24.2 Å². The van der Waals surface area contributed by atoms with E-state index in [2.05, 4.69) is 9.73 Å². The van der Waals surface area contributed by atoms with E-state index in [4.69, 9.17) is 11.6 Å². The molecule has 3 aromatic rings. The Hall–Kier alpha value is -2.93. The zero-order chi connectivity index (χ0) is 22.2. The molecule has 1 aliphatic rings. The molecule has 31 heavy (non-hydrogen) atoms. The zero-order valence-electron chi connectivity index (χ0n) is 15.8. The maximum atomic E-state index is 14.1. The Morgan fingerprint density at radius 2 is 1.39 bits per heavy atom. The largest absolute Gasteiger partial charge is 0.573 e. The molecule has 0 aliphatic carbocycles. The molecule has 1 heterocycles. The third kappa shape index (κ3) is 4.71. The summed E-state index contributed by atoms with van der Waals surface area (Å²) < 4.78 is 68.9. The van der Waals surface area contributed by atoms with E-state index in [-0.39, 0.29) is 23.1 Å². The Morgan fingerprint density at radius 3 is 1.94 bits per heavy atom. The highest BCUT2D eigenvalue weighted by Crippen LogP contribution is 2.36. The fraction of sp³-hybridized carbons (Fsp3) is 0.174. The van der Waals surface area contributed by atoms with Crippen molar-refractivity contribution in [3.05, 3.63) is 89.5 Å². The molecule has 0 N–H and O–H groups in total. The predicted molar refractivity (Wildman–Crippen MR) is 108 cm³/mol. The van der Waals surface area contributed by atoms with Gasteiger partial charge in [0.2, 0.25) is 0 Å². The van der Waals surface area contributed by atoms with Gasteiger partial charge in [-0.25, -0.2) is 8.78 Å². The van der Waals surface area contributed by atoms with Gasteiger partial charge in [-0.1, -0.05) is 42.5 Å². The lowest BCUT2D eigenvalue weighted by Gasteiger charge is -2.11. The Kier molecular flexibility index (Phi) is 5.71. The van der Waals surface area contributed by atoms with Gasteiger partial charge in [0.05, 0.1) is 22.7 Å². The Morgan fingerprint density at radius 1 is 0.839 bits per heavy atom. The summed E-state index contributed by atoms with van der Waals surface area (Å²) in [6.45, 7) is 0. The summed E-state index contributed by atoms with van der Waals surface area (Å²) in [6, 6.07) is 16.0. The monoisotopic (exact) mass is 451 g/mol. The van der Waals surface area contributed by atoms with Gasteiger partial charge in [0.15, 0.2) is 0 Å². The smallest absolute Gasteiger partial charge is 0.406 e. The molecular weight excluding hydrogens is 437 g/mol. The second-order valence-electron chi connectivity index (χ2n) is 7.02. The van der Waals surface area contributed by atoms with E-state index in [1.54, 1.807) is 12.1 Å². The fourth-order valence-corrected chi connectivity index (χ4v) is 3.86. The molecule has 2 atom stereocenters. The first kappa shape index (κ1) is 21.3. The third-order valence-electron chi connectivity index (χ3n) is 4.96. The number of aliphatic imine (C=N–C) groups is 1. The van der Waals surface area contributed by atoms with E-state index in [1.165, 1.54) is 30.3 Å². The summed E-state index contributed by atoms with van der Waals surface area (Å²) in [5.41, 5.74) is 2.29. The number of hydrogen-bond donors (Lipinski definition) is 0. The van der Waals surface area contributed by atoms with Crippen LogP contribution in [0.1, 0.15) is 23.6 Å². The van der Waals surface area contributed by atoms with E-state index in [9.17, 15) is 22.0 Å². The first-order chi connectivity index (χ1) is 14.7. The van der Waals surface area contributed by atoms with Gasteiger partial charge < -0.3 is 4.74 Å². The van der Waals surface area contributed by atoms with Crippen molar-refractivity contribution >= 4 is 17.3 Å². The van der Waals surface area contributed by atoms with Crippen molar-refractivity contribution in [2.75, 3.05) is 0 Å². The normalized spacial score (nSPS) is 18.7. The summed E-state index contributed by atoms with van der Waals surface area (Å²) in [5, 5.41) is -0.628. The van der Waals surface area contributed by atoms with Crippen LogP contribution in [-0.4, -0.2) is 17.5 Å². The van der Waals surface area contributed by atoms with Crippen LogP contribution >= 0.6 is 11.6 Å². The van der Waals surface area contributed by atoms with Gasteiger partial charge in [0.25, 0.3) is 0 Å². The van der Waals surface area contributed by atoms with E-state index in [0.717, 1.165) is 23.3 Å². The molecule has 4 rings (SSSR count). The van der Waals surface area contributed by atoms with Crippen molar-refractivity contribution in [1.82, 2.24) is 0 Å². The number of ether oxygens (including phenoxy) is 1. The van der Waals surface area contributed by atoms with E-state index in [0.29, 0.717) is 12.0 Å². The Bertz CT molecular complexity index is 1090. The summed E-state index contributed by atoms with van der Waals surface area (Å²) >= 11 is 6.33. The van der Waals surface area contributed by atoms with Crippen LogP contribution in [0.3, 0.4) is 0 Å². The molecule has 0 radical (unpaired) electrons. The van der Waals surface area contributed by atoms with Crippen LogP contribution in [0.5, 0.6) is 5.75 Å². The van der Waals surface area contributed by atoms with Crippen LogP contribution in [0.4, 0.5) is 22.0 Å². The molecule has 0 bridgehead atoms. The average Bonchev–Trinajstić information content (AvgIpc) is 3.09. The molecule has 8 heteroatoms. The number of rotatable bonds is 4. The maximum Gasteiger partial charge on any atom is 0.573 e. The first-order valence-electron chi connectivity index (χ1n) is 9.33. The summed E-state index contributed by atoms with van der Waals surface area (Å²) in [4.78, 5) is 4.46. The van der Waals surface area contributed by atoms with Crippen LogP contribution in [0.2, 0.25) is 0 Å². The van der Waals surface area contributed by atoms with Crippen LogP contribution in [0.25, 0.3) is 11.1 Å². The zero-order valence-corrected chi connectivity index (χ0v) is 16.6. The van der Waals surface area contributed by atoms with Gasteiger partial charge >= 0.3 is 6.36 Å². The van der Waals surface area contributed by atoms with Crippen molar-refractivity contribution < 1.29 is 26.7 Å². The van der Waals surface area contributed by atoms with E-state index < -0.39 is 23.4 Å². The van der Waals surface area contributed by atoms with Crippen LogP contribution < -0.4 is 4.74 Å². The molecular formula is C23H15ClF5NO. The molecule has 0 amide bonds. The predicted octanol–water partition coefficient (Wildman–Crippen LogP) is 7.07. The molecule has 1 unspecified atom stereocenters. The molecule has 160 valence electrons. The average molecular weight is 452 g/mol. The van der Waals surface area contributed by atoms with Crippen molar-refractivity contribution in [3.8, 4) is 16.9 Å². The highest BCUT2D eigenvalue weighted by Gasteiger charge is 2.32. The summed E-state index contributed by atoms with van der Waals surface area (Å²) in [6.07, 6.45) is -4.34. The van der Waals surface area contributed by atoms with Crippen molar-refractivity contribution in [2.24, 2.45) is 4.99 Å². The van der Waals surface area contributed by atoms with Gasteiger partial charge in [-0.3, -0.25) is 4.99 Å². The SMILES string of the molecule is Fc1cccc(F)c1C1=N[C@@H](c2ccc(-c3ccc(OC(F)(F)F)cc3)cc2)CC1Cl. The summed E-state index contributed by atoms with van der Waals surface area (Å²) in [5.74, 6) is -1.72. The molecule has 0 spiro atoms. The highest BCUT2D eigenvalue weighted by atomic mass is 35.5. The lowest BCUT2D eigenvalue weighted by Crippen LogP contribution is -2.16.